The van der Waals surface area contributed by atoms with Gasteiger partial charge < -0.3 is 0 Å². The van der Waals surface area contributed by atoms with E-state index in [0.29, 0.717) is 0 Å². The van der Waals surface area contributed by atoms with E-state index in [9.17, 15) is 0 Å². The summed E-state index contributed by atoms with van der Waals surface area (Å²) in [5, 5.41) is 0. The lowest BCUT2D eigenvalue weighted by Gasteiger charge is -1.82. The molecule has 0 unspecified atom stereocenters. The minimum Gasteiger partial charge on any atom is -0.265 e. The molecular weight excluding hydrogens is 1810 g/mol. The molecule has 0 spiro atoms. The van der Waals surface area contributed by atoms with Crippen LogP contribution >= 0.6 is 0 Å². The quantitative estimate of drug-likeness (QED) is 0.136. The Bertz CT molecular complexity index is 4550. The van der Waals surface area contributed by atoms with Crippen LogP contribution in [0.1, 0.15) is 118 Å². The Labute approximate surface area is 874 Å². The monoisotopic (exact) mass is 1960 g/mol. The molecule has 14 heterocycles. The van der Waals surface area contributed by atoms with Crippen LogP contribution in [0.3, 0.4) is 0 Å². The van der Waals surface area contributed by atoms with Crippen molar-refractivity contribution in [3.63, 3.8) is 0 Å². The minimum absolute atomic E-state index is 0.759. The molecule has 0 aliphatic heterocycles. The zero-order valence-electron chi connectivity index (χ0n) is 89.0. The zero-order valence-corrected chi connectivity index (χ0v) is 89.0. The Morgan fingerprint density at radius 1 is 0.102 bits per heavy atom. The van der Waals surface area contributed by atoms with Gasteiger partial charge in [-0.05, 0) is 264 Å². The molecule has 0 bridgehead atoms. The van der Waals surface area contributed by atoms with Gasteiger partial charge in [-0.15, -0.1) is 0 Å². The number of rotatable bonds is 0. The first kappa shape index (κ1) is 127. The van der Waals surface area contributed by atoms with E-state index in [2.05, 4.69) is 253 Å². The summed E-state index contributed by atoms with van der Waals surface area (Å²) in [7, 11) is 0. The van der Waals surface area contributed by atoms with E-state index >= 15 is 0 Å². The summed E-state index contributed by atoms with van der Waals surface area (Å²) < 4.78 is 0. The van der Waals surface area contributed by atoms with Gasteiger partial charge in [0.25, 0.3) is 0 Å². The summed E-state index contributed by atoms with van der Waals surface area (Å²) in [5.41, 5.74) is 20.6. The smallest absolute Gasteiger partial charge is 0.128 e. The van der Waals surface area contributed by atoms with Crippen molar-refractivity contribution in [2.45, 2.75) is 145 Å². The molecule has 756 valence electrons. The highest BCUT2D eigenvalue weighted by Crippen LogP contribution is 2.01. The summed E-state index contributed by atoms with van der Waals surface area (Å²) in [6, 6.07) is 107. The molecule has 24 heteroatoms. The number of hydrogen-bond acceptors (Lipinski definition) is 24. The fourth-order valence-corrected chi connectivity index (χ4v) is 9.19. The van der Waals surface area contributed by atoms with Crippen LogP contribution in [0.15, 0.2) is 496 Å². The van der Waals surface area contributed by atoms with Crippen LogP contribution in [-0.2, 0) is 0 Å². The molecule has 0 saturated carbocycles. The highest BCUT2D eigenvalue weighted by Gasteiger charge is 1.86. The van der Waals surface area contributed by atoms with Crippen molar-refractivity contribution in [2.75, 3.05) is 0 Å². The highest BCUT2D eigenvalue weighted by atomic mass is 15.0. The Morgan fingerprint density at radius 3 is 0.408 bits per heavy atom. The van der Waals surface area contributed by atoms with E-state index in [1.54, 1.807) is 124 Å². The maximum Gasteiger partial charge on any atom is 0.128 e. The fraction of sp³-hybridized carbons (Fsp3) is 0.171. The average Bonchev–Trinajstić information content (AvgIpc) is 1.24. The number of pyridine rings is 6. The number of aryl methyl sites for hydroxylation is 21. The Balaban J connectivity index is 0.000000772. The molecule has 0 atom stereocenters. The van der Waals surface area contributed by atoms with E-state index in [4.69, 9.17) is 0 Å². The van der Waals surface area contributed by atoms with E-state index < -0.39 is 0 Å². The second-order valence-corrected chi connectivity index (χ2v) is 31.1. The van der Waals surface area contributed by atoms with Crippen molar-refractivity contribution < 1.29 is 0 Å². The van der Waals surface area contributed by atoms with Gasteiger partial charge in [0.05, 0.1) is 0 Å². The van der Waals surface area contributed by atoms with Crippen molar-refractivity contribution in [1.29, 1.82) is 0 Å². The van der Waals surface area contributed by atoms with E-state index in [1.807, 2.05) is 334 Å². The third kappa shape index (κ3) is 90.3. The van der Waals surface area contributed by atoms with Crippen LogP contribution in [-0.4, -0.2) is 120 Å². The number of aromatic nitrogens is 24. The molecule has 0 amide bonds. The molecule has 0 N–H and O–H groups in total. The standard InChI is InChI=1S/7C7H8.6C6H7N.6C5H6N2.2C4H5N3/c7*1-7-5-3-2-4-6-7;2*1-6-2-4-7-5-3-6;2*1-6-3-2-4-7-5-6;2*1-6-4-2-3-5-7-6;2*1-5-2-6-4-7-3-5;2*1-5-2-3-6-4-7-5;2*1-5-6-3-2-4-7-5;2*1-4-6-2-5-3-7-4/h7*2-6H,1H3;6*2-5H,1H3;6*2-4H,1H3;2*2-3H,1H3. The molecule has 24 nitrogen and oxygen atoms in total. The van der Waals surface area contributed by atoms with E-state index in [-0.39, 0.29) is 0 Å². The summed E-state index contributed by atoms with van der Waals surface area (Å²) in [6.45, 7) is 41.8. The molecule has 0 aliphatic rings. The van der Waals surface area contributed by atoms with Crippen LogP contribution in [0.4, 0.5) is 0 Å². The van der Waals surface area contributed by atoms with Crippen molar-refractivity contribution in [3.05, 3.63) is 614 Å². The van der Waals surface area contributed by atoms with Gasteiger partial charge in [0, 0.05) is 147 Å². The second-order valence-electron chi connectivity index (χ2n) is 31.1. The van der Waals surface area contributed by atoms with Crippen LogP contribution in [0.2, 0.25) is 0 Å². The van der Waals surface area contributed by atoms with Crippen LogP contribution in [0.5, 0.6) is 0 Å². The lowest BCUT2D eigenvalue weighted by atomic mass is 10.2. The molecule has 0 fully saturated rings. The number of benzene rings is 7. The normalized spacial score (nSPS) is 8.71. The highest BCUT2D eigenvalue weighted by molar-refractivity contribution is 5.18. The maximum atomic E-state index is 3.98. The van der Waals surface area contributed by atoms with Gasteiger partial charge in [-0.25, -0.2) is 89.7 Å². The number of nitrogens with zero attached hydrogens (tertiary/aromatic N) is 24. The summed E-state index contributed by atoms with van der Waals surface area (Å²) in [4.78, 5) is 91.5. The minimum atomic E-state index is 0.759. The maximum absolute atomic E-state index is 3.98. The number of hydrogen-bond donors (Lipinski definition) is 0. The predicted molar refractivity (Wildman–Crippen MR) is 602 cm³/mol. The SMILES string of the molecule is Cc1ccccc1.Cc1ccccc1.Cc1ccccc1.Cc1ccccc1.Cc1ccccc1.Cc1ccccc1.Cc1ccccc1.Cc1ccccn1.Cc1ccccn1.Cc1cccnc1.Cc1cccnc1.Cc1ccncc1.Cc1ccncc1.Cc1ccncn1.Cc1ccncn1.Cc1cncnc1.Cc1cncnc1.Cc1ncccn1.Cc1ncccn1.Cc1ncncn1.Cc1ncncn1. The van der Waals surface area contributed by atoms with Crippen molar-refractivity contribution in [3.8, 4) is 0 Å². The molecule has 14 aromatic heterocycles. The largest absolute Gasteiger partial charge is 0.265 e. The molecular formula is C123H144N24. The topological polar surface area (TPSA) is 309 Å². The van der Waals surface area contributed by atoms with Gasteiger partial charge in [0.15, 0.2) is 0 Å². The van der Waals surface area contributed by atoms with Crippen LogP contribution < -0.4 is 0 Å². The molecule has 0 aliphatic carbocycles. The van der Waals surface area contributed by atoms with Gasteiger partial charge in [0.2, 0.25) is 0 Å². The van der Waals surface area contributed by atoms with Gasteiger partial charge in [-0.2, -0.15) is 0 Å². The van der Waals surface area contributed by atoms with Crippen molar-refractivity contribution in [2.24, 2.45) is 0 Å². The third-order valence-electron chi connectivity index (χ3n) is 17.0. The van der Waals surface area contributed by atoms with Crippen molar-refractivity contribution >= 4 is 0 Å². The van der Waals surface area contributed by atoms with Crippen LogP contribution in [0.25, 0.3) is 0 Å². The van der Waals surface area contributed by atoms with Crippen LogP contribution in [0, 0.1) is 145 Å². The van der Waals surface area contributed by atoms with Gasteiger partial charge >= 0.3 is 0 Å². The third-order valence-corrected chi connectivity index (χ3v) is 17.0. The molecule has 0 saturated heterocycles. The van der Waals surface area contributed by atoms with Gasteiger partial charge in [-0.1, -0.05) is 276 Å². The predicted octanol–water partition coefficient (Wildman–Crippen LogP) is 27.4. The summed E-state index contributed by atoms with van der Waals surface area (Å²) in [5.74, 6) is 3.16. The zero-order chi connectivity index (χ0) is 107. The van der Waals surface area contributed by atoms with E-state index in [1.165, 1.54) is 112 Å². The van der Waals surface area contributed by atoms with E-state index in [0.717, 1.165) is 57.2 Å². The first-order chi connectivity index (χ1) is 71.3. The lowest BCUT2D eigenvalue weighted by molar-refractivity contribution is 0.973. The van der Waals surface area contributed by atoms with Gasteiger partial charge in [-0.3, -0.25) is 29.9 Å². The lowest BCUT2D eigenvalue weighted by Crippen LogP contribution is -1.84. The summed E-state index contributed by atoms with van der Waals surface area (Å²) in [6.07, 6.45) is 47.4. The average molecular weight is 1960 g/mol. The first-order valence-corrected chi connectivity index (χ1v) is 47.1. The Hall–Kier alpha value is -18.1. The summed E-state index contributed by atoms with van der Waals surface area (Å²) >= 11 is 0. The molecule has 147 heavy (non-hydrogen) atoms. The van der Waals surface area contributed by atoms with Crippen molar-refractivity contribution in [1.82, 2.24) is 120 Å². The molecule has 7 aromatic carbocycles. The molecule has 0 radical (unpaired) electrons. The first-order valence-electron chi connectivity index (χ1n) is 47.1. The Morgan fingerprint density at radius 2 is 0.299 bits per heavy atom. The molecule has 21 aromatic rings. The second kappa shape index (κ2) is 91.7. The van der Waals surface area contributed by atoms with Gasteiger partial charge in [0.1, 0.15) is 73.9 Å². The Kier molecular flexibility index (Phi) is 79.2. The fourth-order valence-electron chi connectivity index (χ4n) is 9.19. The molecule has 21 rings (SSSR count).